The molecule has 0 spiro atoms. The van der Waals surface area contributed by atoms with Crippen LogP contribution in [0.25, 0.3) is 0 Å². The van der Waals surface area contributed by atoms with Gasteiger partial charge in [-0.1, -0.05) is 109 Å². The number of aliphatic imine (C=N–C) groups is 1. The molecular weight excluding hydrogens is 604 g/mol. The van der Waals surface area contributed by atoms with Gasteiger partial charge >= 0.3 is 12.1 Å². The summed E-state index contributed by atoms with van der Waals surface area (Å²) in [7, 11) is 0. The summed E-state index contributed by atoms with van der Waals surface area (Å²) in [6, 6.07) is 32.6. The molecule has 1 fully saturated rings. The zero-order chi connectivity index (χ0) is 34.1. The summed E-state index contributed by atoms with van der Waals surface area (Å²) in [5.74, 6) is -1.37. The third kappa shape index (κ3) is 8.95. The molecule has 9 heteroatoms. The Morgan fingerprint density at radius 2 is 1.48 bits per heavy atom. The lowest BCUT2D eigenvalue weighted by Gasteiger charge is -2.27. The number of nitrogens with one attached hydrogen (secondary N) is 2. The van der Waals surface area contributed by atoms with Gasteiger partial charge in [0.15, 0.2) is 6.04 Å². The monoisotopic (exact) mass is 646 g/mol. The second-order valence-corrected chi connectivity index (χ2v) is 12.8. The molecule has 0 saturated carbocycles. The number of aliphatic carboxylic acids is 1. The van der Waals surface area contributed by atoms with Crippen LogP contribution in [0.4, 0.5) is 10.5 Å². The number of rotatable bonds is 11. The molecule has 4 aromatic rings. The molecule has 1 aliphatic rings. The largest absolute Gasteiger partial charge is 0.480 e. The van der Waals surface area contributed by atoms with Gasteiger partial charge in [-0.15, -0.1) is 0 Å². The van der Waals surface area contributed by atoms with Crippen LogP contribution >= 0.6 is 0 Å². The lowest BCUT2D eigenvalue weighted by Crippen LogP contribution is -2.42. The summed E-state index contributed by atoms with van der Waals surface area (Å²) in [6.07, 6.45) is 0.884. The van der Waals surface area contributed by atoms with E-state index in [1.165, 1.54) is 0 Å². The van der Waals surface area contributed by atoms with Crippen molar-refractivity contribution in [3.63, 3.8) is 0 Å². The highest BCUT2D eigenvalue weighted by Gasteiger charge is 2.34. The molecule has 1 saturated heterocycles. The number of carboxylic acid groups (broad SMARTS) is 1. The molecule has 5 rings (SSSR count). The summed E-state index contributed by atoms with van der Waals surface area (Å²) in [5, 5.41) is 16.5. The maximum Gasteiger partial charge on any atom is 0.408 e. The van der Waals surface area contributed by atoms with Gasteiger partial charge in [0.25, 0.3) is 0 Å². The molecule has 0 bridgehead atoms. The Morgan fingerprint density at radius 1 is 0.875 bits per heavy atom. The summed E-state index contributed by atoms with van der Waals surface area (Å²) >= 11 is 0. The second kappa shape index (κ2) is 15.5. The van der Waals surface area contributed by atoms with Crippen LogP contribution in [0.3, 0.4) is 0 Å². The van der Waals surface area contributed by atoms with Gasteiger partial charge in [-0.25, -0.2) is 9.59 Å². The summed E-state index contributed by atoms with van der Waals surface area (Å²) in [4.78, 5) is 46.9. The van der Waals surface area contributed by atoms with Crippen LogP contribution in [0.5, 0.6) is 0 Å². The van der Waals surface area contributed by atoms with Crippen LogP contribution in [0, 0.1) is 0 Å². The minimum absolute atomic E-state index is 0.133. The fourth-order valence-electron chi connectivity index (χ4n) is 5.89. The van der Waals surface area contributed by atoms with E-state index in [-0.39, 0.29) is 11.9 Å². The fraction of sp³-hybridized carbons (Fsp3) is 0.282. The van der Waals surface area contributed by atoms with Crippen molar-refractivity contribution >= 4 is 29.4 Å². The first kappa shape index (κ1) is 34.1. The van der Waals surface area contributed by atoms with Crippen LogP contribution in [0.2, 0.25) is 0 Å². The second-order valence-electron chi connectivity index (χ2n) is 12.8. The first-order valence-corrected chi connectivity index (χ1v) is 16.2. The molecule has 0 aromatic heterocycles. The van der Waals surface area contributed by atoms with E-state index in [0.717, 1.165) is 24.9 Å². The number of anilines is 1. The summed E-state index contributed by atoms with van der Waals surface area (Å²) in [5.41, 5.74) is 2.98. The van der Waals surface area contributed by atoms with Gasteiger partial charge in [-0.05, 0) is 57.4 Å². The number of benzene rings is 4. The smallest absolute Gasteiger partial charge is 0.408 e. The average Bonchev–Trinajstić information content (AvgIpc) is 3.53. The molecule has 1 heterocycles. The molecule has 2 amide bonds. The SMILES string of the molecule is CC(C)(C)OC(=O)N[C@@H](c1ccccc1)[C@@H](N=C(c1ccccc1)c1ccccc1NC(=O)[C@H]1CCCN1Cc1ccccc1)C(=O)O. The van der Waals surface area contributed by atoms with Crippen LogP contribution in [0.15, 0.2) is 120 Å². The van der Waals surface area contributed by atoms with E-state index >= 15 is 0 Å². The van der Waals surface area contributed by atoms with Crippen molar-refractivity contribution < 1.29 is 24.2 Å². The molecule has 0 radical (unpaired) electrons. The van der Waals surface area contributed by atoms with Crippen molar-refractivity contribution in [2.75, 3.05) is 11.9 Å². The van der Waals surface area contributed by atoms with Gasteiger partial charge in [0.2, 0.25) is 5.91 Å². The molecule has 9 nitrogen and oxygen atoms in total. The number of nitrogens with zero attached hydrogens (tertiary/aromatic N) is 2. The Bertz CT molecular complexity index is 1720. The summed E-state index contributed by atoms with van der Waals surface area (Å²) in [6.45, 7) is 6.70. The number of likely N-dealkylation sites (tertiary alicyclic amines) is 1. The number of hydrogen-bond acceptors (Lipinski definition) is 6. The summed E-state index contributed by atoms with van der Waals surface area (Å²) < 4.78 is 5.51. The predicted molar refractivity (Wildman–Crippen MR) is 187 cm³/mol. The lowest BCUT2D eigenvalue weighted by molar-refractivity contribution is -0.139. The third-order valence-electron chi connectivity index (χ3n) is 8.05. The first-order chi connectivity index (χ1) is 23.1. The number of carboxylic acids is 1. The molecule has 0 aliphatic carbocycles. The topological polar surface area (TPSA) is 120 Å². The number of para-hydroxylation sites is 1. The number of alkyl carbamates (subject to hydrolysis) is 1. The van der Waals surface area contributed by atoms with Crippen molar-refractivity contribution in [1.82, 2.24) is 10.2 Å². The molecule has 48 heavy (non-hydrogen) atoms. The molecule has 3 atom stereocenters. The minimum atomic E-state index is -1.45. The zero-order valence-electron chi connectivity index (χ0n) is 27.5. The van der Waals surface area contributed by atoms with E-state index in [4.69, 9.17) is 9.73 Å². The van der Waals surface area contributed by atoms with E-state index in [1.54, 1.807) is 51.1 Å². The number of amides is 2. The Kier molecular flexibility index (Phi) is 11.0. The fourth-order valence-corrected chi connectivity index (χ4v) is 5.89. The maximum atomic E-state index is 13.8. The lowest BCUT2D eigenvalue weighted by atomic mass is 9.96. The van der Waals surface area contributed by atoms with Gasteiger partial charge in [0, 0.05) is 17.7 Å². The van der Waals surface area contributed by atoms with Gasteiger partial charge in [-0.3, -0.25) is 14.7 Å². The normalized spacial score (nSPS) is 16.5. The highest BCUT2D eigenvalue weighted by atomic mass is 16.6. The van der Waals surface area contributed by atoms with Crippen molar-refractivity contribution in [2.24, 2.45) is 4.99 Å². The molecular formula is C39H42N4O5. The highest BCUT2D eigenvalue weighted by Crippen LogP contribution is 2.28. The predicted octanol–water partition coefficient (Wildman–Crippen LogP) is 6.85. The van der Waals surface area contributed by atoms with Gasteiger partial charge in [0.1, 0.15) is 5.60 Å². The zero-order valence-corrected chi connectivity index (χ0v) is 27.5. The van der Waals surface area contributed by atoms with E-state index in [0.29, 0.717) is 34.6 Å². The maximum absolute atomic E-state index is 13.8. The van der Waals surface area contributed by atoms with E-state index in [2.05, 4.69) is 27.7 Å². The molecule has 0 unspecified atom stereocenters. The van der Waals surface area contributed by atoms with E-state index < -0.39 is 29.7 Å². The minimum Gasteiger partial charge on any atom is -0.480 e. The quantitative estimate of drug-likeness (QED) is 0.153. The standard InChI is InChI=1S/C39H42N4O5/c1-39(2,3)48-38(47)42-34(29-20-11-6-12-21-29)35(37(45)46)41-33(28-18-9-5-10-19-28)30-22-13-14-23-31(30)40-36(44)32-24-15-25-43(32)26-27-16-7-4-8-17-27/h4-14,16-23,32,34-35H,15,24-26H2,1-3H3,(H,40,44)(H,42,47)(H,45,46)/t32-,34+,35-/m1/s1. The van der Waals surface area contributed by atoms with E-state index in [9.17, 15) is 19.5 Å². The van der Waals surface area contributed by atoms with Crippen molar-refractivity contribution in [3.8, 4) is 0 Å². The van der Waals surface area contributed by atoms with E-state index in [1.807, 2.05) is 72.8 Å². The van der Waals surface area contributed by atoms with Crippen LogP contribution < -0.4 is 10.6 Å². The first-order valence-electron chi connectivity index (χ1n) is 16.2. The van der Waals surface area contributed by atoms with Gasteiger partial charge in [-0.2, -0.15) is 0 Å². The molecule has 248 valence electrons. The number of ether oxygens (including phenoxy) is 1. The van der Waals surface area contributed by atoms with Gasteiger partial charge < -0.3 is 20.5 Å². The highest BCUT2D eigenvalue weighted by molar-refractivity contribution is 6.17. The Hall–Kier alpha value is -5.28. The number of carbonyl (C=O) groups is 3. The Morgan fingerprint density at radius 3 is 2.12 bits per heavy atom. The van der Waals surface area contributed by atoms with Crippen molar-refractivity contribution in [3.05, 3.63) is 138 Å². The van der Waals surface area contributed by atoms with Crippen LogP contribution in [-0.4, -0.2) is 57.9 Å². The van der Waals surface area contributed by atoms with Crippen molar-refractivity contribution in [1.29, 1.82) is 0 Å². The Balaban J connectivity index is 1.52. The Labute approximate surface area is 281 Å². The van der Waals surface area contributed by atoms with Gasteiger partial charge in [0.05, 0.1) is 23.5 Å². The van der Waals surface area contributed by atoms with Crippen LogP contribution in [-0.2, 0) is 20.9 Å². The molecule has 1 aliphatic heterocycles. The average molecular weight is 647 g/mol. The number of carbonyl (C=O) groups excluding carboxylic acids is 2. The van der Waals surface area contributed by atoms with Crippen LogP contribution in [0.1, 0.15) is 61.9 Å². The number of hydrogen-bond donors (Lipinski definition) is 3. The third-order valence-corrected chi connectivity index (χ3v) is 8.05. The molecule has 4 aromatic carbocycles. The van der Waals surface area contributed by atoms with Crippen molar-refractivity contribution in [2.45, 2.75) is 63.9 Å². The molecule has 3 N–H and O–H groups in total.